The van der Waals surface area contributed by atoms with Gasteiger partial charge in [0.2, 0.25) is 0 Å². The van der Waals surface area contributed by atoms with Crippen LogP contribution in [-0.4, -0.2) is 4.90 Å². The Kier molecular flexibility index (Phi) is 9.95. The summed E-state index contributed by atoms with van der Waals surface area (Å²) in [6.45, 7) is 2.42. The van der Waals surface area contributed by atoms with Crippen LogP contribution >= 0.6 is 0 Å². The first-order chi connectivity index (χ1) is 25.8. The van der Waals surface area contributed by atoms with Crippen LogP contribution in [0.5, 0.6) is 0 Å². The van der Waals surface area contributed by atoms with Crippen molar-refractivity contribution in [1.82, 2.24) is 4.90 Å². The van der Waals surface area contributed by atoms with E-state index in [-0.39, 0.29) is 0 Å². The summed E-state index contributed by atoms with van der Waals surface area (Å²) in [7, 11) is 0. The van der Waals surface area contributed by atoms with Crippen molar-refractivity contribution in [2.45, 2.75) is 19.6 Å². The Morgan fingerprint density at radius 1 is 0.250 bits per heavy atom. The maximum absolute atomic E-state index is 2.60. The molecule has 0 amide bonds. The van der Waals surface area contributed by atoms with Crippen molar-refractivity contribution in [3.63, 3.8) is 0 Å². The van der Waals surface area contributed by atoms with Crippen LogP contribution in [0, 0.1) is 0 Å². The molecule has 0 bridgehead atoms. The number of hydrogen-bond acceptors (Lipinski definition) is 1. The van der Waals surface area contributed by atoms with Crippen molar-refractivity contribution in [3.8, 4) is 55.6 Å². The predicted octanol–water partition coefficient (Wildman–Crippen LogP) is 13.2. The molecule has 0 aliphatic heterocycles. The fraction of sp³-hybridized carbons (Fsp3) is 0.0588. The van der Waals surface area contributed by atoms with Crippen molar-refractivity contribution < 1.29 is 0 Å². The van der Waals surface area contributed by atoms with E-state index in [1.807, 2.05) is 0 Å². The Bertz CT molecular complexity index is 2200. The smallest absolute Gasteiger partial charge is 0.0247 e. The van der Waals surface area contributed by atoms with Crippen molar-refractivity contribution in [3.05, 3.63) is 229 Å². The van der Waals surface area contributed by atoms with Gasteiger partial charge in [0, 0.05) is 19.6 Å². The number of rotatable bonds is 11. The molecule has 8 aromatic rings. The van der Waals surface area contributed by atoms with Gasteiger partial charge in [0.25, 0.3) is 0 Å². The molecule has 0 aromatic heterocycles. The van der Waals surface area contributed by atoms with E-state index < -0.39 is 0 Å². The minimum atomic E-state index is 0.800. The van der Waals surface area contributed by atoms with Gasteiger partial charge in [-0.25, -0.2) is 0 Å². The number of nitrogens with zero attached hydrogens (tertiary/aromatic N) is 1. The van der Waals surface area contributed by atoms with Crippen LogP contribution in [0.3, 0.4) is 0 Å². The average molecular weight is 668 g/mol. The first-order valence-corrected chi connectivity index (χ1v) is 18.1. The summed E-state index contributed by atoms with van der Waals surface area (Å²) in [5.74, 6) is 0. The van der Waals surface area contributed by atoms with Crippen LogP contribution in [0.1, 0.15) is 16.7 Å². The fourth-order valence-corrected chi connectivity index (χ4v) is 7.16. The van der Waals surface area contributed by atoms with Crippen LogP contribution in [0.25, 0.3) is 55.6 Å². The van der Waals surface area contributed by atoms with Gasteiger partial charge in [-0.3, -0.25) is 4.90 Å². The van der Waals surface area contributed by atoms with E-state index in [1.165, 1.54) is 72.3 Å². The second-order valence-electron chi connectivity index (χ2n) is 13.4. The minimum Gasteiger partial charge on any atom is -0.291 e. The number of benzene rings is 8. The van der Waals surface area contributed by atoms with Crippen LogP contribution in [0.2, 0.25) is 0 Å². The Hall–Kier alpha value is -6.28. The molecule has 0 saturated heterocycles. The van der Waals surface area contributed by atoms with Crippen molar-refractivity contribution in [2.24, 2.45) is 0 Å². The van der Waals surface area contributed by atoms with Crippen LogP contribution in [0.15, 0.2) is 212 Å². The Balaban J connectivity index is 1.19. The maximum atomic E-state index is 2.60. The minimum absolute atomic E-state index is 0.800. The lowest BCUT2D eigenvalue weighted by Crippen LogP contribution is -2.23. The van der Waals surface area contributed by atoms with Gasteiger partial charge >= 0.3 is 0 Å². The molecule has 0 radical (unpaired) electrons. The third-order valence-electron chi connectivity index (χ3n) is 9.86. The van der Waals surface area contributed by atoms with Crippen LogP contribution in [0.4, 0.5) is 0 Å². The molecular weight excluding hydrogens is 627 g/mol. The highest BCUT2D eigenvalue weighted by molar-refractivity contribution is 5.77. The zero-order valence-electron chi connectivity index (χ0n) is 29.3. The third kappa shape index (κ3) is 7.71. The Labute approximate surface area is 308 Å². The van der Waals surface area contributed by atoms with E-state index in [9.17, 15) is 0 Å². The molecule has 0 heterocycles. The van der Waals surface area contributed by atoms with Gasteiger partial charge in [0.15, 0.2) is 0 Å². The monoisotopic (exact) mass is 667 g/mol. The molecule has 0 saturated carbocycles. The molecule has 1 heteroatoms. The van der Waals surface area contributed by atoms with Crippen molar-refractivity contribution >= 4 is 0 Å². The molecule has 0 unspecified atom stereocenters. The summed E-state index contributed by atoms with van der Waals surface area (Å²) < 4.78 is 0. The highest BCUT2D eigenvalue weighted by Crippen LogP contribution is 2.34. The first-order valence-electron chi connectivity index (χ1n) is 18.1. The quantitative estimate of drug-likeness (QED) is 0.133. The fourth-order valence-electron chi connectivity index (χ4n) is 7.16. The lowest BCUT2D eigenvalue weighted by atomic mass is 9.93. The highest BCUT2D eigenvalue weighted by Gasteiger charge is 2.17. The van der Waals surface area contributed by atoms with Gasteiger partial charge in [-0.2, -0.15) is 0 Å². The average Bonchev–Trinajstić information content (AvgIpc) is 3.23. The third-order valence-corrected chi connectivity index (χ3v) is 9.86. The summed E-state index contributed by atoms with van der Waals surface area (Å²) in [5.41, 5.74) is 16.3. The molecular formula is C51H41N. The molecule has 0 atom stereocenters. The molecule has 0 aliphatic rings. The van der Waals surface area contributed by atoms with E-state index in [0.717, 1.165) is 19.6 Å². The first kappa shape index (κ1) is 32.9. The van der Waals surface area contributed by atoms with Crippen molar-refractivity contribution in [2.75, 3.05) is 0 Å². The largest absolute Gasteiger partial charge is 0.291 e. The van der Waals surface area contributed by atoms with Gasteiger partial charge in [0.05, 0.1) is 0 Å². The molecule has 0 fully saturated rings. The van der Waals surface area contributed by atoms with Crippen LogP contribution in [-0.2, 0) is 19.6 Å². The molecule has 1 nitrogen and oxygen atoms in total. The van der Waals surface area contributed by atoms with E-state index in [2.05, 4.69) is 217 Å². The van der Waals surface area contributed by atoms with Crippen molar-refractivity contribution in [1.29, 1.82) is 0 Å². The van der Waals surface area contributed by atoms with E-state index in [0.29, 0.717) is 0 Å². The summed E-state index contributed by atoms with van der Waals surface area (Å²) in [4.78, 5) is 2.60. The maximum Gasteiger partial charge on any atom is 0.0247 e. The second kappa shape index (κ2) is 15.7. The molecule has 8 rings (SSSR count). The molecule has 250 valence electrons. The van der Waals surface area contributed by atoms with E-state index >= 15 is 0 Å². The Morgan fingerprint density at radius 2 is 0.558 bits per heavy atom. The van der Waals surface area contributed by atoms with Gasteiger partial charge in [-0.15, -0.1) is 0 Å². The number of hydrogen-bond donors (Lipinski definition) is 0. The Morgan fingerprint density at radius 3 is 0.942 bits per heavy atom. The normalized spacial score (nSPS) is 11.1. The highest BCUT2D eigenvalue weighted by atomic mass is 15.1. The van der Waals surface area contributed by atoms with Gasteiger partial charge < -0.3 is 0 Å². The van der Waals surface area contributed by atoms with Gasteiger partial charge in [-0.05, 0) is 84.5 Å². The van der Waals surface area contributed by atoms with Gasteiger partial charge in [0.1, 0.15) is 0 Å². The topological polar surface area (TPSA) is 3.24 Å². The lowest BCUT2D eigenvalue weighted by molar-refractivity contribution is 0.248. The van der Waals surface area contributed by atoms with E-state index in [4.69, 9.17) is 0 Å². The van der Waals surface area contributed by atoms with Crippen LogP contribution < -0.4 is 0 Å². The molecule has 52 heavy (non-hydrogen) atoms. The zero-order chi connectivity index (χ0) is 35.0. The second-order valence-corrected chi connectivity index (χ2v) is 13.4. The molecule has 0 spiro atoms. The zero-order valence-corrected chi connectivity index (χ0v) is 29.3. The SMILES string of the molecule is c1ccc(-c2ccc(CN(Cc3ccc(-c4ccccc4)cc3-c3ccccc3)Cc3ccc(-c4ccccc4)cc3-c3ccccc3)cc2)cc1. The lowest BCUT2D eigenvalue weighted by Gasteiger charge is -2.26. The summed E-state index contributed by atoms with van der Waals surface area (Å²) in [6, 6.07) is 76.8. The molecule has 8 aromatic carbocycles. The standard InChI is InChI=1S/C51H41N/c1-6-16-40(17-7-1)43-28-26-39(27-29-43)36-52(37-48-32-30-46(41-18-8-2-9-19-41)34-50(48)44-22-12-4-13-23-44)38-49-33-31-47(42-20-10-3-11-21-42)35-51(49)45-24-14-5-15-25-45/h1-35H,36-38H2. The molecule has 0 aliphatic carbocycles. The summed E-state index contributed by atoms with van der Waals surface area (Å²) in [5, 5.41) is 0. The summed E-state index contributed by atoms with van der Waals surface area (Å²) >= 11 is 0. The van der Waals surface area contributed by atoms with E-state index in [1.54, 1.807) is 0 Å². The summed E-state index contributed by atoms with van der Waals surface area (Å²) in [6.07, 6.45) is 0. The van der Waals surface area contributed by atoms with Gasteiger partial charge in [-0.1, -0.05) is 200 Å². The molecule has 0 N–H and O–H groups in total. The predicted molar refractivity (Wildman–Crippen MR) is 219 cm³/mol.